The van der Waals surface area contributed by atoms with Crippen LogP contribution >= 0.6 is 11.6 Å². The number of nitrogens with zero attached hydrogens (tertiary/aromatic N) is 2. The van der Waals surface area contributed by atoms with Gasteiger partial charge in [-0.15, -0.1) is 0 Å². The monoisotopic (exact) mass is 504 g/mol. The second kappa shape index (κ2) is 11.0. The first kappa shape index (κ1) is 26.7. The van der Waals surface area contributed by atoms with Crippen molar-refractivity contribution in [3.63, 3.8) is 0 Å². The molecule has 0 unspecified atom stereocenters. The largest absolute Gasteiger partial charge is 0.534 e. The number of fused-ring (bicyclic) bond motifs is 3. The maximum absolute atomic E-state index is 12.0. The number of hydrogen-bond acceptors (Lipinski definition) is 5. The number of carbonyl (C=O) groups is 1. The predicted octanol–water partition coefficient (Wildman–Crippen LogP) is 6.17. The van der Waals surface area contributed by atoms with E-state index in [9.17, 15) is 26.4 Å². The normalized spacial score (nSPS) is 12.8. The molecule has 1 aromatic heterocycles. The van der Waals surface area contributed by atoms with E-state index in [4.69, 9.17) is 11.6 Å². The van der Waals surface area contributed by atoms with Crippen LogP contribution in [0, 0.1) is 0 Å². The van der Waals surface area contributed by atoms with E-state index in [1.165, 1.54) is 43.2 Å². The molecule has 0 atom stereocenters. The highest BCUT2D eigenvalue weighted by atomic mass is 35.5. The van der Waals surface area contributed by atoms with Crippen molar-refractivity contribution in [1.29, 1.82) is 0 Å². The Morgan fingerprint density at radius 3 is 2.45 bits per heavy atom. The topological polar surface area (TPSA) is 78.3 Å². The van der Waals surface area contributed by atoms with Gasteiger partial charge in [0.15, 0.2) is 5.78 Å². The van der Waals surface area contributed by atoms with Crippen LogP contribution in [0.2, 0.25) is 5.02 Å². The second-order valence-electron chi connectivity index (χ2n) is 7.19. The number of Topliss-reactive ketones (excluding diaryl/α,β-unsaturated/α-hetero) is 1. The number of aromatic nitrogens is 2. The van der Waals surface area contributed by atoms with Crippen LogP contribution in [0.5, 0.6) is 5.75 Å². The van der Waals surface area contributed by atoms with Crippen molar-refractivity contribution >= 4 is 38.5 Å². The molecule has 0 bridgehead atoms. The zero-order valence-electron chi connectivity index (χ0n) is 18.3. The third-order valence-corrected chi connectivity index (χ3v) is 5.52. The predicted molar refractivity (Wildman–Crippen MR) is 121 cm³/mol. The first-order chi connectivity index (χ1) is 15.4. The molecule has 0 radical (unpaired) electrons. The number of aryl methyl sites for hydroxylation is 2. The SMILES string of the molecule is CC(=O)c1cccc(OS(=O)(=O)C(F)(F)F)c1.CCC.Clc1ccc2nc3n(c2c1)CCC3. The van der Waals surface area contributed by atoms with Crippen LogP contribution in [-0.2, 0) is 23.1 Å². The van der Waals surface area contributed by atoms with E-state index in [1.54, 1.807) is 0 Å². The summed E-state index contributed by atoms with van der Waals surface area (Å²) < 4.78 is 63.5. The number of imidazole rings is 1. The fraction of sp³-hybridized carbons (Fsp3) is 0.364. The molecule has 1 aliphatic rings. The van der Waals surface area contributed by atoms with Crippen molar-refractivity contribution < 1.29 is 30.6 Å². The van der Waals surface area contributed by atoms with Gasteiger partial charge in [0.05, 0.1) is 11.0 Å². The van der Waals surface area contributed by atoms with Gasteiger partial charge in [0, 0.05) is 23.6 Å². The highest BCUT2D eigenvalue weighted by Gasteiger charge is 2.48. The second-order valence-corrected chi connectivity index (χ2v) is 9.16. The molecule has 0 N–H and O–H groups in total. The molecule has 2 heterocycles. The van der Waals surface area contributed by atoms with Gasteiger partial charge in [-0.1, -0.05) is 44.0 Å². The molecule has 180 valence electrons. The molecule has 0 fully saturated rings. The smallest absolute Gasteiger partial charge is 0.376 e. The zero-order chi connectivity index (χ0) is 24.8. The summed E-state index contributed by atoms with van der Waals surface area (Å²) in [7, 11) is -5.70. The van der Waals surface area contributed by atoms with Crippen molar-refractivity contribution in [2.24, 2.45) is 0 Å². The lowest BCUT2D eigenvalue weighted by Gasteiger charge is -2.09. The van der Waals surface area contributed by atoms with E-state index in [0.29, 0.717) is 0 Å². The lowest BCUT2D eigenvalue weighted by molar-refractivity contribution is -0.0500. The summed E-state index contributed by atoms with van der Waals surface area (Å²) in [4.78, 5) is 15.5. The van der Waals surface area contributed by atoms with Gasteiger partial charge in [-0.3, -0.25) is 4.79 Å². The van der Waals surface area contributed by atoms with Crippen LogP contribution in [0.1, 0.15) is 49.8 Å². The molecule has 6 nitrogen and oxygen atoms in total. The summed E-state index contributed by atoms with van der Waals surface area (Å²) in [5.41, 5.74) is -3.20. The van der Waals surface area contributed by atoms with E-state index in [-0.39, 0.29) is 5.56 Å². The van der Waals surface area contributed by atoms with E-state index in [0.717, 1.165) is 35.6 Å². The van der Waals surface area contributed by atoms with E-state index >= 15 is 0 Å². The molecule has 3 aromatic rings. The van der Waals surface area contributed by atoms with Gasteiger partial charge in [-0.2, -0.15) is 21.6 Å². The molecule has 0 saturated heterocycles. The Labute approximate surface area is 195 Å². The lowest BCUT2D eigenvalue weighted by Crippen LogP contribution is -2.28. The van der Waals surface area contributed by atoms with Gasteiger partial charge in [0.2, 0.25) is 0 Å². The van der Waals surface area contributed by atoms with Crippen molar-refractivity contribution in [1.82, 2.24) is 9.55 Å². The summed E-state index contributed by atoms with van der Waals surface area (Å²) in [5.74, 6) is 0.229. The Morgan fingerprint density at radius 2 is 1.85 bits per heavy atom. The molecule has 0 saturated carbocycles. The third kappa shape index (κ3) is 6.94. The molecule has 0 aliphatic carbocycles. The van der Waals surface area contributed by atoms with Gasteiger partial charge >= 0.3 is 15.6 Å². The standard InChI is InChI=1S/C10H9ClN2.C9H7F3O4S.C3H8/c11-7-3-4-8-9(6-7)13-5-1-2-10(13)12-8;1-6(13)7-3-2-4-8(5-7)16-17(14,15)9(10,11)12;1-3-2/h3-4,6H,1-2,5H2;2-5H,1H3;3H2,1-2H3. The summed E-state index contributed by atoms with van der Waals surface area (Å²) in [6.45, 7) is 6.53. The summed E-state index contributed by atoms with van der Waals surface area (Å²) in [6, 6.07) is 10.4. The number of hydrogen-bond donors (Lipinski definition) is 0. The van der Waals surface area contributed by atoms with Crippen LogP contribution < -0.4 is 4.18 Å². The Morgan fingerprint density at radius 1 is 1.18 bits per heavy atom. The minimum Gasteiger partial charge on any atom is -0.376 e. The van der Waals surface area contributed by atoms with Crippen molar-refractivity contribution in [2.45, 2.75) is 52.1 Å². The Hall–Kier alpha value is -2.59. The lowest BCUT2D eigenvalue weighted by atomic mass is 10.1. The van der Waals surface area contributed by atoms with Crippen LogP contribution in [0.4, 0.5) is 13.2 Å². The Balaban J connectivity index is 0.000000213. The average molecular weight is 505 g/mol. The maximum Gasteiger partial charge on any atom is 0.534 e. The number of halogens is 4. The number of alkyl halides is 3. The highest BCUT2D eigenvalue weighted by Crippen LogP contribution is 2.27. The van der Waals surface area contributed by atoms with Gasteiger partial charge in [-0.05, 0) is 43.7 Å². The first-order valence-corrected chi connectivity index (χ1v) is 11.9. The average Bonchev–Trinajstić information content (AvgIpc) is 3.30. The van der Waals surface area contributed by atoms with Gasteiger partial charge < -0.3 is 8.75 Å². The summed E-state index contributed by atoms with van der Waals surface area (Å²) >= 11 is 5.94. The molecule has 0 spiro atoms. The van der Waals surface area contributed by atoms with Crippen LogP contribution in [0.3, 0.4) is 0 Å². The first-order valence-electron chi connectivity index (χ1n) is 10.2. The van der Waals surface area contributed by atoms with Gasteiger partial charge in [0.1, 0.15) is 11.6 Å². The molecular formula is C22H24ClF3N2O4S. The Kier molecular flexibility index (Phi) is 8.90. The number of carbonyl (C=O) groups excluding carboxylic acids is 1. The number of benzene rings is 2. The maximum atomic E-state index is 12.0. The number of rotatable bonds is 3. The van der Waals surface area contributed by atoms with Gasteiger partial charge in [0.25, 0.3) is 0 Å². The third-order valence-electron chi connectivity index (χ3n) is 4.30. The van der Waals surface area contributed by atoms with Crippen molar-refractivity contribution in [3.8, 4) is 5.75 Å². The van der Waals surface area contributed by atoms with E-state index in [2.05, 4.69) is 27.6 Å². The fourth-order valence-electron chi connectivity index (χ4n) is 2.92. The molecular weight excluding hydrogens is 481 g/mol. The fourth-order valence-corrected chi connectivity index (χ4v) is 3.54. The molecule has 2 aromatic carbocycles. The molecule has 0 amide bonds. The quantitative estimate of drug-likeness (QED) is 0.242. The molecule has 4 rings (SSSR count). The summed E-state index contributed by atoms with van der Waals surface area (Å²) in [6.07, 6.45) is 3.57. The van der Waals surface area contributed by atoms with Crippen molar-refractivity contribution in [2.75, 3.05) is 0 Å². The number of ketones is 1. The molecule has 33 heavy (non-hydrogen) atoms. The Bertz CT molecular complexity index is 1220. The van der Waals surface area contributed by atoms with Crippen LogP contribution in [-0.4, -0.2) is 29.3 Å². The minimum absolute atomic E-state index is 0.0554. The summed E-state index contributed by atoms with van der Waals surface area (Å²) in [5, 5.41) is 0.794. The van der Waals surface area contributed by atoms with E-state index in [1.807, 2.05) is 18.2 Å². The highest BCUT2D eigenvalue weighted by molar-refractivity contribution is 7.88. The minimum atomic E-state index is -5.70. The van der Waals surface area contributed by atoms with Crippen molar-refractivity contribution in [3.05, 3.63) is 58.9 Å². The van der Waals surface area contributed by atoms with Crippen LogP contribution in [0.25, 0.3) is 11.0 Å². The molecule has 1 aliphatic heterocycles. The van der Waals surface area contributed by atoms with Crippen LogP contribution in [0.15, 0.2) is 42.5 Å². The van der Waals surface area contributed by atoms with E-state index < -0.39 is 27.2 Å². The molecule has 11 heteroatoms. The zero-order valence-corrected chi connectivity index (χ0v) is 19.9. The van der Waals surface area contributed by atoms with Gasteiger partial charge in [-0.25, -0.2) is 4.98 Å².